The average Bonchev–Trinajstić information content (AvgIpc) is 3.00. The summed E-state index contributed by atoms with van der Waals surface area (Å²) in [5.41, 5.74) is -0.631. The fourth-order valence-electron chi connectivity index (χ4n) is 4.46. The van der Waals surface area contributed by atoms with Gasteiger partial charge in [-0.15, -0.1) is 0 Å². The highest BCUT2D eigenvalue weighted by atomic mass is 19.1. The molecular formula is C24H27F2N3O4. The van der Waals surface area contributed by atoms with E-state index in [9.17, 15) is 18.4 Å². The van der Waals surface area contributed by atoms with Crippen molar-refractivity contribution >= 4 is 12.0 Å². The van der Waals surface area contributed by atoms with E-state index in [4.69, 9.17) is 9.47 Å². The molecule has 2 aliphatic heterocycles. The zero-order chi connectivity index (χ0) is 23.8. The number of hydrogen-bond donors (Lipinski definition) is 1. The lowest BCUT2D eigenvalue weighted by molar-refractivity contribution is 0.00499. The molecule has 0 spiro atoms. The molecule has 1 N–H and O–H groups in total. The first-order valence-electron chi connectivity index (χ1n) is 11.0. The van der Waals surface area contributed by atoms with E-state index >= 15 is 0 Å². The highest BCUT2D eigenvalue weighted by Crippen LogP contribution is 2.37. The number of ether oxygens (including phenoxy) is 2. The van der Waals surface area contributed by atoms with Crippen LogP contribution in [-0.4, -0.2) is 45.6 Å². The highest BCUT2D eigenvalue weighted by molar-refractivity contribution is 5.96. The van der Waals surface area contributed by atoms with E-state index < -0.39 is 23.1 Å². The Kier molecular flexibility index (Phi) is 6.23. The smallest absolute Gasteiger partial charge is 0.410 e. The van der Waals surface area contributed by atoms with Crippen LogP contribution in [0, 0.1) is 11.6 Å². The Hall–Kier alpha value is -3.23. The van der Waals surface area contributed by atoms with Crippen molar-refractivity contribution in [2.75, 3.05) is 0 Å². The first-order valence-corrected chi connectivity index (χ1v) is 11.0. The van der Waals surface area contributed by atoms with Crippen molar-refractivity contribution in [1.29, 1.82) is 0 Å². The number of carbonyl (C=O) groups is 2. The van der Waals surface area contributed by atoms with E-state index in [2.05, 4.69) is 10.3 Å². The number of piperidine rings is 1. The summed E-state index contributed by atoms with van der Waals surface area (Å²) in [4.78, 5) is 31.3. The van der Waals surface area contributed by atoms with Gasteiger partial charge in [0.2, 0.25) is 5.88 Å². The second kappa shape index (κ2) is 8.96. The molecule has 1 aromatic heterocycles. The molecule has 176 valence electrons. The van der Waals surface area contributed by atoms with Crippen LogP contribution >= 0.6 is 0 Å². The Balaban J connectivity index is 1.45. The fraction of sp³-hybridized carbons (Fsp3) is 0.458. The van der Waals surface area contributed by atoms with Crippen molar-refractivity contribution in [3.8, 4) is 11.6 Å². The number of pyridine rings is 1. The number of benzene rings is 1. The number of rotatable bonds is 4. The minimum absolute atomic E-state index is 0.0236. The molecule has 1 unspecified atom stereocenters. The topological polar surface area (TPSA) is 80.8 Å². The summed E-state index contributed by atoms with van der Waals surface area (Å²) in [7, 11) is 0. The second-order valence-electron chi connectivity index (χ2n) is 9.48. The van der Waals surface area contributed by atoms with Gasteiger partial charge in [0, 0.05) is 18.1 Å². The van der Waals surface area contributed by atoms with E-state index in [0.29, 0.717) is 12.8 Å². The first-order chi connectivity index (χ1) is 15.6. The van der Waals surface area contributed by atoms with Crippen molar-refractivity contribution in [2.24, 2.45) is 0 Å². The monoisotopic (exact) mass is 459 g/mol. The number of aromatic nitrogens is 1. The summed E-state index contributed by atoms with van der Waals surface area (Å²) in [6, 6.07) is 6.05. The first kappa shape index (κ1) is 22.9. The van der Waals surface area contributed by atoms with Crippen molar-refractivity contribution in [2.45, 2.75) is 70.2 Å². The molecule has 33 heavy (non-hydrogen) atoms. The van der Waals surface area contributed by atoms with Gasteiger partial charge in [0.25, 0.3) is 5.91 Å². The maximum absolute atomic E-state index is 13.9. The van der Waals surface area contributed by atoms with Crippen LogP contribution in [0.25, 0.3) is 0 Å². The molecule has 7 nitrogen and oxygen atoms in total. The standard InChI is InChI=1S/C24H27F2N3O4/c1-24(2,3)33-23(31)29-17-6-7-18(29)12-16(11-17)28-21(30)20-10-15(26)13-27-22(20)32-19-8-4-14(25)5-9-19/h4-5,8-10,13,16-18H,6-7,11-12H2,1-3H3,(H,28,30)/t16?,17-,18+. The van der Waals surface area contributed by atoms with Crippen molar-refractivity contribution in [3.63, 3.8) is 0 Å². The molecule has 2 saturated heterocycles. The highest BCUT2D eigenvalue weighted by Gasteiger charge is 2.45. The van der Waals surface area contributed by atoms with Crippen LogP contribution in [0.15, 0.2) is 36.5 Å². The Morgan fingerprint density at radius 3 is 2.30 bits per heavy atom. The molecule has 2 fully saturated rings. The molecule has 4 rings (SSSR count). The molecule has 0 aliphatic carbocycles. The van der Waals surface area contributed by atoms with Crippen LogP contribution < -0.4 is 10.1 Å². The van der Waals surface area contributed by atoms with E-state index in [-0.39, 0.29) is 41.4 Å². The molecular weight excluding hydrogens is 432 g/mol. The average molecular weight is 459 g/mol. The number of hydrogen-bond acceptors (Lipinski definition) is 5. The van der Waals surface area contributed by atoms with Gasteiger partial charge < -0.3 is 19.7 Å². The number of halogens is 2. The number of nitrogens with zero attached hydrogens (tertiary/aromatic N) is 2. The third-order valence-corrected chi connectivity index (χ3v) is 5.76. The van der Waals surface area contributed by atoms with E-state index in [1.54, 1.807) is 4.90 Å². The molecule has 2 aliphatic rings. The van der Waals surface area contributed by atoms with Gasteiger partial charge in [-0.25, -0.2) is 18.6 Å². The molecule has 0 radical (unpaired) electrons. The van der Waals surface area contributed by atoms with E-state index in [0.717, 1.165) is 25.1 Å². The molecule has 3 atom stereocenters. The van der Waals surface area contributed by atoms with Crippen molar-refractivity contribution < 1.29 is 27.8 Å². The van der Waals surface area contributed by atoms with E-state index in [1.165, 1.54) is 24.3 Å². The van der Waals surface area contributed by atoms with Crippen LogP contribution in [-0.2, 0) is 4.74 Å². The lowest BCUT2D eigenvalue weighted by atomic mass is 9.97. The lowest BCUT2D eigenvalue weighted by Gasteiger charge is -2.39. The zero-order valence-electron chi connectivity index (χ0n) is 18.8. The Morgan fingerprint density at radius 2 is 1.70 bits per heavy atom. The van der Waals surface area contributed by atoms with Crippen LogP contribution in [0.5, 0.6) is 11.6 Å². The second-order valence-corrected chi connectivity index (χ2v) is 9.48. The van der Waals surface area contributed by atoms with Gasteiger partial charge in [-0.05, 0) is 76.8 Å². The third-order valence-electron chi connectivity index (χ3n) is 5.76. The molecule has 2 bridgehead atoms. The SMILES string of the molecule is CC(C)(C)OC(=O)N1[C@@H]2CC[C@H]1CC(NC(=O)c1cc(F)cnc1Oc1ccc(F)cc1)C2. The summed E-state index contributed by atoms with van der Waals surface area (Å²) in [5, 5.41) is 2.94. The summed E-state index contributed by atoms with van der Waals surface area (Å²) >= 11 is 0. The lowest BCUT2D eigenvalue weighted by Crippen LogP contribution is -2.53. The van der Waals surface area contributed by atoms with Crippen LogP contribution in [0.3, 0.4) is 0 Å². The van der Waals surface area contributed by atoms with Gasteiger partial charge in [0.15, 0.2) is 0 Å². The molecule has 2 amide bonds. The maximum atomic E-state index is 13.9. The molecule has 9 heteroatoms. The molecule has 3 heterocycles. The quantitative estimate of drug-likeness (QED) is 0.710. The van der Waals surface area contributed by atoms with Gasteiger partial charge in [-0.3, -0.25) is 4.79 Å². The Bertz CT molecular complexity index is 1020. The molecule has 0 saturated carbocycles. The maximum Gasteiger partial charge on any atom is 0.410 e. The fourth-order valence-corrected chi connectivity index (χ4v) is 4.46. The van der Waals surface area contributed by atoms with Gasteiger partial charge in [-0.2, -0.15) is 0 Å². The molecule has 1 aromatic carbocycles. The van der Waals surface area contributed by atoms with Crippen LogP contribution in [0.2, 0.25) is 0 Å². The number of carbonyl (C=O) groups excluding carboxylic acids is 2. The van der Waals surface area contributed by atoms with Gasteiger partial charge >= 0.3 is 6.09 Å². The van der Waals surface area contributed by atoms with E-state index in [1.807, 2.05) is 20.8 Å². The van der Waals surface area contributed by atoms with Gasteiger partial charge in [0.05, 0.1) is 6.20 Å². The van der Waals surface area contributed by atoms with Gasteiger partial charge in [-0.1, -0.05) is 0 Å². The third kappa shape index (κ3) is 5.40. The minimum Gasteiger partial charge on any atom is -0.444 e. The number of amides is 2. The van der Waals surface area contributed by atoms with Crippen molar-refractivity contribution in [1.82, 2.24) is 15.2 Å². The largest absolute Gasteiger partial charge is 0.444 e. The predicted molar refractivity (Wildman–Crippen MR) is 116 cm³/mol. The normalized spacial score (nSPS) is 22.1. The zero-order valence-corrected chi connectivity index (χ0v) is 18.8. The summed E-state index contributed by atoms with van der Waals surface area (Å²) < 4.78 is 38.2. The summed E-state index contributed by atoms with van der Waals surface area (Å²) in [5.74, 6) is -1.43. The van der Waals surface area contributed by atoms with Crippen LogP contribution in [0.4, 0.5) is 13.6 Å². The summed E-state index contributed by atoms with van der Waals surface area (Å²) in [6.07, 6.45) is 3.48. The minimum atomic E-state index is -0.675. The van der Waals surface area contributed by atoms with Crippen LogP contribution in [0.1, 0.15) is 56.8 Å². The Labute approximate surface area is 191 Å². The summed E-state index contributed by atoms with van der Waals surface area (Å²) in [6.45, 7) is 5.50. The van der Waals surface area contributed by atoms with Crippen molar-refractivity contribution in [3.05, 3.63) is 53.7 Å². The van der Waals surface area contributed by atoms with Gasteiger partial charge in [0.1, 0.15) is 28.5 Å². The Morgan fingerprint density at radius 1 is 1.06 bits per heavy atom. The number of nitrogens with one attached hydrogen (secondary N) is 1. The molecule has 2 aromatic rings. The predicted octanol–water partition coefficient (Wildman–Crippen LogP) is 4.81. The number of fused-ring (bicyclic) bond motifs is 2.